The van der Waals surface area contributed by atoms with E-state index in [0.29, 0.717) is 19.5 Å². The highest BCUT2D eigenvalue weighted by Gasteiger charge is 2.30. The summed E-state index contributed by atoms with van der Waals surface area (Å²) in [5.41, 5.74) is -0.992. The van der Waals surface area contributed by atoms with E-state index in [1.807, 2.05) is 6.92 Å². The summed E-state index contributed by atoms with van der Waals surface area (Å²) >= 11 is 0. The molecule has 1 aliphatic heterocycles. The number of rotatable bonds is 3. The number of hydrogen-bond donors (Lipinski definition) is 2. The van der Waals surface area contributed by atoms with Crippen LogP contribution >= 0.6 is 0 Å². The van der Waals surface area contributed by atoms with E-state index in [1.54, 1.807) is 0 Å². The van der Waals surface area contributed by atoms with Crippen molar-refractivity contribution >= 4 is 0 Å². The molecule has 2 N–H and O–H groups in total. The van der Waals surface area contributed by atoms with Crippen molar-refractivity contribution in [2.75, 3.05) is 26.2 Å². The Labute approximate surface area is 67.6 Å². The van der Waals surface area contributed by atoms with Gasteiger partial charge >= 0.3 is 0 Å². The molecule has 1 aliphatic rings. The molecule has 66 valence electrons. The maximum absolute atomic E-state index is 13.6. The molecule has 0 saturated carbocycles. The Morgan fingerprint density at radius 2 is 2.45 bits per heavy atom. The summed E-state index contributed by atoms with van der Waals surface area (Å²) < 4.78 is 13.6. The van der Waals surface area contributed by atoms with Crippen LogP contribution in [0.5, 0.6) is 0 Å². The second kappa shape index (κ2) is 4.02. The van der Waals surface area contributed by atoms with Crippen molar-refractivity contribution in [1.29, 1.82) is 0 Å². The summed E-state index contributed by atoms with van der Waals surface area (Å²) in [6.07, 6.45) is 1.66. The van der Waals surface area contributed by atoms with E-state index < -0.39 is 5.67 Å². The zero-order valence-corrected chi connectivity index (χ0v) is 7.12. The Kier molecular flexibility index (Phi) is 3.27. The van der Waals surface area contributed by atoms with Gasteiger partial charge in [0.15, 0.2) is 0 Å². The lowest BCUT2D eigenvalue weighted by Crippen LogP contribution is -2.48. The van der Waals surface area contributed by atoms with E-state index in [1.165, 1.54) is 0 Å². The Bertz CT molecular complexity index is 111. The van der Waals surface area contributed by atoms with Crippen LogP contribution in [0.1, 0.15) is 19.8 Å². The second-order valence-corrected chi connectivity index (χ2v) is 3.21. The molecule has 0 bridgehead atoms. The Morgan fingerprint density at radius 1 is 1.64 bits per heavy atom. The molecule has 0 aromatic rings. The molecule has 0 aromatic heterocycles. The molecule has 1 unspecified atom stereocenters. The highest BCUT2D eigenvalue weighted by molar-refractivity contribution is 4.87. The van der Waals surface area contributed by atoms with E-state index in [9.17, 15) is 4.39 Å². The third-order valence-corrected chi connectivity index (χ3v) is 2.11. The third-order valence-electron chi connectivity index (χ3n) is 2.11. The number of halogens is 1. The van der Waals surface area contributed by atoms with Crippen LogP contribution in [0.25, 0.3) is 0 Å². The molecule has 1 rings (SSSR count). The first-order valence-corrected chi connectivity index (χ1v) is 4.37. The smallest absolute Gasteiger partial charge is 0.135 e. The second-order valence-electron chi connectivity index (χ2n) is 3.21. The molecule has 0 aliphatic carbocycles. The van der Waals surface area contributed by atoms with Gasteiger partial charge in [0.2, 0.25) is 0 Å². The fourth-order valence-electron chi connectivity index (χ4n) is 1.43. The molecule has 11 heavy (non-hydrogen) atoms. The van der Waals surface area contributed by atoms with E-state index in [-0.39, 0.29) is 0 Å². The van der Waals surface area contributed by atoms with Crippen molar-refractivity contribution < 1.29 is 4.39 Å². The molecule has 1 fully saturated rings. The standard InChI is InChI=1S/C8H17FN2/c1-2-10-6-8(9)4-3-5-11-7-8/h10-11H,2-7H2,1H3. The van der Waals surface area contributed by atoms with Crippen molar-refractivity contribution in [3.63, 3.8) is 0 Å². The molecule has 0 amide bonds. The topological polar surface area (TPSA) is 24.1 Å². The summed E-state index contributed by atoms with van der Waals surface area (Å²) in [6.45, 7) is 4.83. The highest BCUT2D eigenvalue weighted by Crippen LogP contribution is 2.19. The number of alkyl halides is 1. The van der Waals surface area contributed by atoms with Crippen molar-refractivity contribution in [2.45, 2.75) is 25.4 Å². The SMILES string of the molecule is CCNCC1(F)CCCNC1. The van der Waals surface area contributed by atoms with Crippen LogP contribution in [0.3, 0.4) is 0 Å². The summed E-state index contributed by atoms with van der Waals surface area (Å²) in [5, 5.41) is 6.11. The van der Waals surface area contributed by atoms with Crippen molar-refractivity contribution in [2.24, 2.45) is 0 Å². The minimum absolute atomic E-state index is 0.497. The van der Waals surface area contributed by atoms with Gasteiger partial charge in [0.25, 0.3) is 0 Å². The van der Waals surface area contributed by atoms with Crippen LogP contribution in [0.4, 0.5) is 4.39 Å². The lowest BCUT2D eigenvalue weighted by molar-refractivity contribution is 0.121. The van der Waals surface area contributed by atoms with Crippen molar-refractivity contribution in [3.8, 4) is 0 Å². The Balaban J connectivity index is 2.25. The lowest BCUT2D eigenvalue weighted by atomic mass is 9.96. The first kappa shape index (κ1) is 8.94. The van der Waals surface area contributed by atoms with Crippen LogP contribution in [0.15, 0.2) is 0 Å². The molecule has 0 spiro atoms. The van der Waals surface area contributed by atoms with Crippen molar-refractivity contribution in [3.05, 3.63) is 0 Å². The van der Waals surface area contributed by atoms with Gasteiger partial charge in [-0.3, -0.25) is 0 Å². The quantitative estimate of drug-likeness (QED) is 0.634. The van der Waals surface area contributed by atoms with Crippen LogP contribution in [0, 0.1) is 0 Å². The molecule has 2 nitrogen and oxygen atoms in total. The molecule has 1 atom stereocenters. The van der Waals surface area contributed by atoms with Gasteiger partial charge in [0, 0.05) is 13.1 Å². The van der Waals surface area contributed by atoms with E-state index >= 15 is 0 Å². The highest BCUT2D eigenvalue weighted by atomic mass is 19.1. The van der Waals surface area contributed by atoms with Gasteiger partial charge in [-0.05, 0) is 25.9 Å². The van der Waals surface area contributed by atoms with Crippen LogP contribution in [-0.2, 0) is 0 Å². The lowest BCUT2D eigenvalue weighted by Gasteiger charge is -2.30. The van der Waals surface area contributed by atoms with Gasteiger partial charge in [0.05, 0.1) is 0 Å². The predicted octanol–water partition coefficient (Wildman–Crippen LogP) is 0.688. The van der Waals surface area contributed by atoms with Gasteiger partial charge < -0.3 is 10.6 Å². The maximum Gasteiger partial charge on any atom is 0.135 e. The van der Waals surface area contributed by atoms with Crippen LogP contribution in [0.2, 0.25) is 0 Å². The van der Waals surface area contributed by atoms with Gasteiger partial charge in [-0.15, -0.1) is 0 Å². The molecule has 0 aromatic carbocycles. The number of hydrogen-bond acceptors (Lipinski definition) is 2. The molecule has 0 radical (unpaired) electrons. The Morgan fingerprint density at radius 3 is 3.00 bits per heavy atom. The van der Waals surface area contributed by atoms with E-state index in [2.05, 4.69) is 10.6 Å². The predicted molar refractivity (Wildman–Crippen MR) is 44.5 cm³/mol. The van der Waals surface area contributed by atoms with E-state index in [4.69, 9.17) is 0 Å². The minimum Gasteiger partial charge on any atom is -0.314 e. The largest absolute Gasteiger partial charge is 0.314 e. The molecule has 3 heteroatoms. The zero-order valence-electron chi connectivity index (χ0n) is 7.12. The van der Waals surface area contributed by atoms with E-state index in [0.717, 1.165) is 19.5 Å². The average molecular weight is 160 g/mol. The van der Waals surface area contributed by atoms with Gasteiger partial charge in [-0.25, -0.2) is 4.39 Å². The molecular weight excluding hydrogens is 143 g/mol. The van der Waals surface area contributed by atoms with Gasteiger partial charge in [-0.2, -0.15) is 0 Å². The monoisotopic (exact) mass is 160 g/mol. The maximum atomic E-state index is 13.6. The molecule has 1 saturated heterocycles. The Hall–Kier alpha value is -0.150. The summed E-state index contributed by atoms with van der Waals surface area (Å²) in [7, 11) is 0. The van der Waals surface area contributed by atoms with Crippen LogP contribution < -0.4 is 10.6 Å². The fraction of sp³-hybridized carbons (Fsp3) is 1.00. The first-order chi connectivity index (χ1) is 5.27. The summed E-state index contributed by atoms with van der Waals surface area (Å²) in [5.74, 6) is 0. The minimum atomic E-state index is -0.992. The average Bonchev–Trinajstić information content (AvgIpc) is 2.03. The van der Waals surface area contributed by atoms with Gasteiger partial charge in [0.1, 0.15) is 5.67 Å². The third kappa shape index (κ3) is 2.75. The fourth-order valence-corrected chi connectivity index (χ4v) is 1.43. The summed E-state index contributed by atoms with van der Waals surface area (Å²) in [4.78, 5) is 0. The molecular formula is C8H17FN2. The number of piperidine rings is 1. The van der Waals surface area contributed by atoms with Crippen molar-refractivity contribution in [1.82, 2.24) is 10.6 Å². The zero-order chi connectivity index (χ0) is 8.16. The number of nitrogens with one attached hydrogen (secondary N) is 2. The normalized spacial score (nSPS) is 32.2. The molecule has 1 heterocycles. The van der Waals surface area contributed by atoms with Crippen LogP contribution in [-0.4, -0.2) is 31.8 Å². The van der Waals surface area contributed by atoms with Gasteiger partial charge in [-0.1, -0.05) is 6.92 Å². The first-order valence-electron chi connectivity index (χ1n) is 4.37. The summed E-state index contributed by atoms with van der Waals surface area (Å²) in [6, 6.07) is 0.